The lowest BCUT2D eigenvalue weighted by atomic mass is 10.2. The quantitative estimate of drug-likeness (QED) is 0.772. The molecule has 20 heavy (non-hydrogen) atoms. The molecule has 1 amide bonds. The van der Waals surface area contributed by atoms with Crippen molar-refractivity contribution in [1.82, 2.24) is 25.2 Å². The number of hydrogen-bond acceptors (Lipinski definition) is 7. The summed E-state index contributed by atoms with van der Waals surface area (Å²) in [4.78, 5) is 22.7. The number of carbonyl (C=O) groups excluding carboxylic acids is 1. The summed E-state index contributed by atoms with van der Waals surface area (Å²) in [6, 6.07) is -0.0240. The zero-order valence-corrected chi connectivity index (χ0v) is 10.8. The van der Waals surface area contributed by atoms with Crippen molar-refractivity contribution in [1.29, 1.82) is 0 Å². The molecule has 2 heterocycles. The first-order chi connectivity index (χ1) is 9.51. The van der Waals surface area contributed by atoms with Gasteiger partial charge in [-0.3, -0.25) is 10.1 Å². The predicted molar refractivity (Wildman–Crippen MR) is 64.0 cm³/mol. The van der Waals surface area contributed by atoms with Gasteiger partial charge in [0.25, 0.3) is 0 Å². The van der Waals surface area contributed by atoms with E-state index in [-0.39, 0.29) is 18.3 Å². The Bertz CT molecular complexity index is 646. The molecule has 0 saturated heterocycles. The Morgan fingerprint density at radius 1 is 1.35 bits per heavy atom. The molecule has 0 atom stereocenters. The fraction of sp³-hybridized carbons (Fsp3) is 0.400. The lowest BCUT2D eigenvalue weighted by molar-refractivity contribution is -0.117. The molecule has 0 radical (unpaired) electrons. The van der Waals surface area contributed by atoms with Crippen molar-refractivity contribution < 1.29 is 19.1 Å². The molecule has 0 spiro atoms. The molecule has 10 nitrogen and oxygen atoms in total. The molecule has 0 fully saturated rings. The Balaban J connectivity index is 2.10. The first kappa shape index (κ1) is 13.6. The number of carbonyl (C=O) groups is 2. The van der Waals surface area contributed by atoms with Crippen molar-refractivity contribution in [2.75, 3.05) is 5.32 Å². The Labute approximate surface area is 112 Å². The first-order valence-electron chi connectivity index (χ1n) is 5.76. The van der Waals surface area contributed by atoms with Crippen LogP contribution in [0.1, 0.15) is 29.0 Å². The van der Waals surface area contributed by atoms with Crippen LogP contribution in [0.2, 0.25) is 0 Å². The molecule has 10 heteroatoms. The molecule has 0 saturated carbocycles. The van der Waals surface area contributed by atoms with E-state index >= 15 is 0 Å². The zero-order chi connectivity index (χ0) is 14.7. The standard InChI is InChI=1S/C10H12N6O4/c1-3-6-8(9(18)19)13-15-16(6)4-7(17)11-10-14-12-5(2)20-10/h3-4H2,1-2H3,(H,18,19)(H,11,14,17). The van der Waals surface area contributed by atoms with E-state index in [4.69, 9.17) is 9.52 Å². The monoisotopic (exact) mass is 280 g/mol. The second-order valence-electron chi connectivity index (χ2n) is 3.88. The fourth-order valence-corrected chi connectivity index (χ4v) is 1.62. The van der Waals surface area contributed by atoms with E-state index in [2.05, 4.69) is 25.8 Å². The van der Waals surface area contributed by atoms with Crippen LogP contribution >= 0.6 is 0 Å². The number of aromatic nitrogens is 5. The highest BCUT2D eigenvalue weighted by molar-refractivity contribution is 5.89. The third kappa shape index (κ3) is 2.79. The molecule has 106 valence electrons. The third-order valence-corrected chi connectivity index (χ3v) is 2.44. The van der Waals surface area contributed by atoms with Crippen LogP contribution in [0, 0.1) is 6.92 Å². The number of carboxylic acid groups (broad SMARTS) is 1. The Kier molecular flexibility index (Phi) is 3.73. The minimum absolute atomic E-state index is 0.0240. The van der Waals surface area contributed by atoms with Crippen molar-refractivity contribution in [2.45, 2.75) is 26.8 Å². The fourth-order valence-electron chi connectivity index (χ4n) is 1.62. The van der Waals surface area contributed by atoms with E-state index in [1.165, 1.54) is 4.68 Å². The Morgan fingerprint density at radius 3 is 2.65 bits per heavy atom. The van der Waals surface area contributed by atoms with E-state index < -0.39 is 11.9 Å². The number of rotatable bonds is 5. The van der Waals surface area contributed by atoms with Crippen LogP contribution < -0.4 is 5.32 Å². The number of hydrogen-bond donors (Lipinski definition) is 2. The third-order valence-electron chi connectivity index (χ3n) is 2.44. The number of aryl methyl sites for hydroxylation is 1. The van der Waals surface area contributed by atoms with Gasteiger partial charge in [-0.15, -0.1) is 10.2 Å². The van der Waals surface area contributed by atoms with E-state index in [0.29, 0.717) is 18.0 Å². The second-order valence-corrected chi connectivity index (χ2v) is 3.88. The molecular weight excluding hydrogens is 268 g/mol. The highest BCUT2D eigenvalue weighted by Crippen LogP contribution is 2.08. The SMILES string of the molecule is CCc1c(C(=O)O)nnn1CC(=O)Nc1nnc(C)o1. The number of aromatic carboxylic acids is 1. The average Bonchev–Trinajstić information content (AvgIpc) is 2.95. The normalized spacial score (nSPS) is 10.5. The zero-order valence-electron chi connectivity index (χ0n) is 10.8. The number of anilines is 1. The summed E-state index contributed by atoms with van der Waals surface area (Å²) >= 11 is 0. The summed E-state index contributed by atoms with van der Waals surface area (Å²) in [5.74, 6) is -1.32. The summed E-state index contributed by atoms with van der Waals surface area (Å²) in [5.41, 5.74) is 0.211. The maximum atomic E-state index is 11.8. The van der Waals surface area contributed by atoms with Gasteiger partial charge in [-0.1, -0.05) is 17.2 Å². The summed E-state index contributed by atoms with van der Waals surface area (Å²) in [6.07, 6.45) is 0.390. The number of nitrogens with zero attached hydrogens (tertiary/aromatic N) is 5. The molecule has 0 aliphatic carbocycles. The van der Waals surface area contributed by atoms with E-state index in [1.807, 2.05) is 0 Å². The van der Waals surface area contributed by atoms with Gasteiger partial charge in [-0.2, -0.15) is 0 Å². The van der Waals surface area contributed by atoms with Crippen LogP contribution in [0.5, 0.6) is 0 Å². The van der Waals surface area contributed by atoms with E-state index in [0.717, 1.165) is 0 Å². The van der Waals surface area contributed by atoms with Crippen molar-refractivity contribution in [3.05, 3.63) is 17.3 Å². The topological polar surface area (TPSA) is 136 Å². The van der Waals surface area contributed by atoms with Crippen molar-refractivity contribution in [3.8, 4) is 0 Å². The number of nitrogens with one attached hydrogen (secondary N) is 1. The maximum absolute atomic E-state index is 11.8. The van der Waals surface area contributed by atoms with E-state index in [1.54, 1.807) is 13.8 Å². The lowest BCUT2D eigenvalue weighted by Gasteiger charge is -2.04. The molecule has 0 aliphatic heterocycles. The molecule has 0 unspecified atom stereocenters. The number of carboxylic acids is 1. The smallest absolute Gasteiger partial charge is 0.358 e. The van der Waals surface area contributed by atoms with Crippen molar-refractivity contribution in [3.63, 3.8) is 0 Å². The lowest BCUT2D eigenvalue weighted by Crippen LogP contribution is -2.21. The van der Waals surface area contributed by atoms with Crippen molar-refractivity contribution >= 4 is 17.9 Å². The summed E-state index contributed by atoms with van der Waals surface area (Å²) in [7, 11) is 0. The van der Waals surface area contributed by atoms with Gasteiger partial charge in [0.15, 0.2) is 5.69 Å². The van der Waals surface area contributed by atoms with Gasteiger partial charge in [0.1, 0.15) is 6.54 Å². The van der Waals surface area contributed by atoms with Crippen LogP contribution in [0.15, 0.2) is 4.42 Å². The van der Waals surface area contributed by atoms with Crippen molar-refractivity contribution in [2.24, 2.45) is 0 Å². The van der Waals surface area contributed by atoms with Crippen LogP contribution in [0.4, 0.5) is 6.01 Å². The molecule has 2 rings (SSSR count). The molecule has 2 aromatic rings. The average molecular weight is 280 g/mol. The molecule has 2 aromatic heterocycles. The summed E-state index contributed by atoms with van der Waals surface area (Å²) in [6.45, 7) is 3.15. The second kappa shape index (κ2) is 5.47. The molecule has 0 aliphatic rings. The van der Waals surface area contributed by atoms with Crippen LogP contribution in [0.25, 0.3) is 0 Å². The largest absolute Gasteiger partial charge is 0.476 e. The van der Waals surface area contributed by atoms with Gasteiger partial charge in [-0.05, 0) is 6.42 Å². The van der Waals surface area contributed by atoms with Crippen LogP contribution in [-0.4, -0.2) is 42.2 Å². The number of amides is 1. The summed E-state index contributed by atoms with van der Waals surface area (Å²) in [5, 5.41) is 25.7. The molecule has 0 aromatic carbocycles. The maximum Gasteiger partial charge on any atom is 0.358 e. The minimum Gasteiger partial charge on any atom is -0.476 e. The van der Waals surface area contributed by atoms with E-state index in [9.17, 15) is 9.59 Å². The molecule has 0 bridgehead atoms. The molecular formula is C10H12N6O4. The van der Waals surface area contributed by atoms with Gasteiger partial charge >= 0.3 is 12.0 Å². The highest BCUT2D eigenvalue weighted by atomic mass is 16.4. The van der Waals surface area contributed by atoms with Gasteiger partial charge in [0.2, 0.25) is 11.8 Å². The minimum atomic E-state index is -1.18. The van der Waals surface area contributed by atoms with Gasteiger partial charge in [0, 0.05) is 6.92 Å². The van der Waals surface area contributed by atoms with Gasteiger partial charge in [0.05, 0.1) is 5.69 Å². The van der Waals surface area contributed by atoms with Gasteiger partial charge < -0.3 is 9.52 Å². The first-order valence-corrected chi connectivity index (χ1v) is 5.76. The molecule has 2 N–H and O–H groups in total. The Morgan fingerprint density at radius 2 is 2.10 bits per heavy atom. The predicted octanol–water partition coefficient (Wildman–Crippen LogP) is -0.131. The Hall–Kier alpha value is -2.78. The van der Waals surface area contributed by atoms with Gasteiger partial charge in [-0.25, -0.2) is 9.48 Å². The van der Waals surface area contributed by atoms with Crippen LogP contribution in [0.3, 0.4) is 0 Å². The highest BCUT2D eigenvalue weighted by Gasteiger charge is 2.19. The summed E-state index contributed by atoms with van der Waals surface area (Å²) < 4.78 is 6.22. The van der Waals surface area contributed by atoms with Crippen LogP contribution in [-0.2, 0) is 17.8 Å².